The fraction of sp³-hybridized carbons (Fsp3) is 0.385. The molecule has 4 heteroatoms. The first-order valence-corrected chi connectivity index (χ1v) is 5.54. The van der Waals surface area contributed by atoms with E-state index >= 15 is 0 Å². The molecule has 0 bridgehead atoms. The molecule has 0 radical (unpaired) electrons. The van der Waals surface area contributed by atoms with Crippen LogP contribution in [0.2, 0.25) is 0 Å². The van der Waals surface area contributed by atoms with Gasteiger partial charge in [0.2, 0.25) is 0 Å². The Morgan fingerprint density at radius 3 is 2.76 bits per heavy atom. The van der Waals surface area contributed by atoms with Crippen molar-refractivity contribution < 1.29 is 14.3 Å². The van der Waals surface area contributed by atoms with Gasteiger partial charge in [-0.05, 0) is 31.5 Å². The van der Waals surface area contributed by atoms with E-state index in [1.54, 1.807) is 20.3 Å². The van der Waals surface area contributed by atoms with Gasteiger partial charge in [-0.25, -0.2) is 0 Å². The molecule has 0 aliphatic heterocycles. The molecule has 0 saturated carbocycles. The van der Waals surface area contributed by atoms with Gasteiger partial charge in [-0.2, -0.15) is 0 Å². The number of aryl methyl sites for hydroxylation is 1. The number of ether oxygens (including phenoxy) is 1. The van der Waals surface area contributed by atoms with Crippen molar-refractivity contribution in [3.63, 3.8) is 0 Å². The summed E-state index contributed by atoms with van der Waals surface area (Å²) in [6.45, 7) is 3.70. The monoisotopic (exact) mass is 235 g/mol. The standard InChI is InChI=1S/C13H17NO3/c1-7-6-10(11(15)8(2)14)13-9(4-5-17-13)12(7)16-3/h4-6,8,11,15H,14H2,1-3H3. The molecule has 0 spiro atoms. The van der Waals surface area contributed by atoms with Crippen molar-refractivity contribution in [3.8, 4) is 5.75 Å². The van der Waals surface area contributed by atoms with Gasteiger partial charge >= 0.3 is 0 Å². The lowest BCUT2D eigenvalue weighted by molar-refractivity contribution is 0.153. The van der Waals surface area contributed by atoms with Crippen LogP contribution in [-0.2, 0) is 0 Å². The zero-order valence-corrected chi connectivity index (χ0v) is 10.2. The van der Waals surface area contributed by atoms with Crippen LogP contribution in [0, 0.1) is 6.92 Å². The predicted molar refractivity (Wildman–Crippen MR) is 66.1 cm³/mol. The molecule has 17 heavy (non-hydrogen) atoms. The fourth-order valence-electron chi connectivity index (χ4n) is 2.06. The number of benzene rings is 1. The van der Waals surface area contributed by atoms with Gasteiger partial charge in [0.05, 0.1) is 24.9 Å². The average molecular weight is 235 g/mol. The number of aliphatic hydroxyl groups is 1. The minimum Gasteiger partial charge on any atom is -0.496 e. The Kier molecular flexibility index (Phi) is 3.09. The number of rotatable bonds is 3. The van der Waals surface area contributed by atoms with Crippen molar-refractivity contribution in [1.82, 2.24) is 0 Å². The smallest absolute Gasteiger partial charge is 0.143 e. The van der Waals surface area contributed by atoms with Crippen LogP contribution in [0.3, 0.4) is 0 Å². The van der Waals surface area contributed by atoms with Crippen LogP contribution in [0.1, 0.15) is 24.2 Å². The Labute approximate surface area is 100.0 Å². The first-order valence-electron chi connectivity index (χ1n) is 5.54. The predicted octanol–water partition coefficient (Wildman–Crippen LogP) is 2.13. The molecular weight excluding hydrogens is 218 g/mol. The van der Waals surface area contributed by atoms with Gasteiger partial charge < -0.3 is 20.0 Å². The van der Waals surface area contributed by atoms with Crippen molar-refractivity contribution in [2.24, 2.45) is 5.73 Å². The van der Waals surface area contributed by atoms with Crippen LogP contribution in [0.15, 0.2) is 22.8 Å². The maximum absolute atomic E-state index is 10.1. The number of furan rings is 1. The average Bonchev–Trinajstić information content (AvgIpc) is 2.75. The Morgan fingerprint density at radius 2 is 2.18 bits per heavy atom. The first kappa shape index (κ1) is 12.0. The van der Waals surface area contributed by atoms with Crippen molar-refractivity contribution in [3.05, 3.63) is 29.5 Å². The third kappa shape index (κ3) is 1.90. The number of aliphatic hydroxyl groups excluding tert-OH is 1. The molecule has 1 aromatic heterocycles. The van der Waals surface area contributed by atoms with E-state index in [2.05, 4.69) is 0 Å². The van der Waals surface area contributed by atoms with E-state index in [1.807, 2.05) is 19.1 Å². The van der Waals surface area contributed by atoms with E-state index in [9.17, 15) is 5.11 Å². The van der Waals surface area contributed by atoms with Crippen LogP contribution < -0.4 is 10.5 Å². The molecule has 0 aliphatic carbocycles. The summed E-state index contributed by atoms with van der Waals surface area (Å²) in [5.41, 5.74) is 8.02. The molecule has 92 valence electrons. The van der Waals surface area contributed by atoms with Gasteiger partial charge in [-0.1, -0.05) is 0 Å². The highest BCUT2D eigenvalue weighted by Crippen LogP contribution is 2.36. The lowest BCUT2D eigenvalue weighted by atomic mass is 9.99. The second kappa shape index (κ2) is 4.39. The molecule has 1 heterocycles. The maximum atomic E-state index is 10.1. The highest BCUT2D eigenvalue weighted by molar-refractivity contribution is 5.88. The third-order valence-electron chi connectivity index (χ3n) is 2.92. The molecule has 0 aliphatic rings. The van der Waals surface area contributed by atoms with Gasteiger partial charge in [0.1, 0.15) is 11.3 Å². The van der Waals surface area contributed by atoms with Crippen molar-refractivity contribution in [2.75, 3.05) is 7.11 Å². The molecule has 1 aromatic carbocycles. The van der Waals surface area contributed by atoms with Gasteiger partial charge in [0, 0.05) is 11.6 Å². The van der Waals surface area contributed by atoms with Gasteiger partial charge in [0.15, 0.2) is 0 Å². The topological polar surface area (TPSA) is 68.6 Å². The van der Waals surface area contributed by atoms with E-state index < -0.39 is 6.10 Å². The minimum atomic E-state index is -0.742. The molecule has 2 aromatic rings. The molecule has 2 rings (SSSR count). The highest BCUT2D eigenvalue weighted by Gasteiger charge is 2.20. The molecule has 4 nitrogen and oxygen atoms in total. The Hall–Kier alpha value is -1.52. The SMILES string of the molecule is COc1c(C)cc(C(O)C(C)N)c2occc12. The number of hydrogen-bond donors (Lipinski definition) is 2. The summed E-state index contributed by atoms with van der Waals surface area (Å²) in [6, 6.07) is 3.34. The summed E-state index contributed by atoms with van der Waals surface area (Å²) in [5.74, 6) is 0.773. The Bertz CT molecular complexity index is 531. The number of hydrogen-bond acceptors (Lipinski definition) is 4. The lowest BCUT2D eigenvalue weighted by Gasteiger charge is -2.17. The first-order chi connectivity index (χ1) is 8.06. The fourth-order valence-corrected chi connectivity index (χ4v) is 2.06. The van der Waals surface area contributed by atoms with Crippen LogP contribution in [0.5, 0.6) is 5.75 Å². The third-order valence-corrected chi connectivity index (χ3v) is 2.92. The molecule has 2 unspecified atom stereocenters. The van der Waals surface area contributed by atoms with E-state index in [0.29, 0.717) is 11.1 Å². The normalized spacial score (nSPS) is 14.9. The van der Waals surface area contributed by atoms with Crippen molar-refractivity contribution in [1.29, 1.82) is 0 Å². The van der Waals surface area contributed by atoms with Gasteiger partial charge in [-0.15, -0.1) is 0 Å². The summed E-state index contributed by atoms with van der Waals surface area (Å²) in [4.78, 5) is 0. The zero-order valence-electron chi connectivity index (χ0n) is 10.2. The van der Waals surface area contributed by atoms with Crippen LogP contribution in [0.25, 0.3) is 11.0 Å². The second-order valence-electron chi connectivity index (χ2n) is 4.28. The van der Waals surface area contributed by atoms with Crippen LogP contribution in [0.4, 0.5) is 0 Å². The van der Waals surface area contributed by atoms with Gasteiger partial charge in [0.25, 0.3) is 0 Å². The largest absolute Gasteiger partial charge is 0.496 e. The van der Waals surface area contributed by atoms with Crippen LogP contribution >= 0.6 is 0 Å². The van der Waals surface area contributed by atoms with Crippen molar-refractivity contribution >= 4 is 11.0 Å². The number of methoxy groups -OCH3 is 1. The molecule has 0 fully saturated rings. The quantitative estimate of drug-likeness (QED) is 0.855. The highest BCUT2D eigenvalue weighted by atomic mass is 16.5. The number of nitrogens with two attached hydrogens (primary N) is 1. The number of fused-ring (bicyclic) bond motifs is 1. The van der Waals surface area contributed by atoms with Crippen LogP contribution in [-0.4, -0.2) is 18.3 Å². The zero-order chi connectivity index (χ0) is 12.6. The van der Waals surface area contributed by atoms with Crippen molar-refractivity contribution in [2.45, 2.75) is 26.0 Å². The Morgan fingerprint density at radius 1 is 1.47 bits per heavy atom. The minimum absolute atomic E-state index is 0.351. The summed E-state index contributed by atoms with van der Waals surface area (Å²) in [6.07, 6.45) is 0.845. The summed E-state index contributed by atoms with van der Waals surface area (Å²) >= 11 is 0. The Balaban J connectivity index is 2.69. The van der Waals surface area contributed by atoms with E-state index in [4.69, 9.17) is 14.9 Å². The summed E-state index contributed by atoms with van der Waals surface area (Å²) in [5, 5.41) is 10.9. The van der Waals surface area contributed by atoms with E-state index in [-0.39, 0.29) is 6.04 Å². The second-order valence-corrected chi connectivity index (χ2v) is 4.28. The summed E-state index contributed by atoms with van der Waals surface area (Å²) in [7, 11) is 1.62. The molecule has 3 N–H and O–H groups in total. The molecule has 0 amide bonds. The summed E-state index contributed by atoms with van der Waals surface area (Å²) < 4.78 is 10.8. The molecular formula is C13H17NO3. The molecule has 0 saturated heterocycles. The lowest BCUT2D eigenvalue weighted by Crippen LogP contribution is -2.24. The van der Waals surface area contributed by atoms with E-state index in [1.165, 1.54) is 0 Å². The molecule has 2 atom stereocenters. The maximum Gasteiger partial charge on any atom is 0.143 e. The van der Waals surface area contributed by atoms with Gasteiger partial charge in [-0.3, -0.25) is 0 Å². The van der Waals surface area contributed by atoms with E-state index in [0.717, 1.165) is 16.7 Å².